The van der Waals surface area contributed by atoms with Crippen LogP contribution in [-0.4, -0.2) is 40.7 Å². The highest BCUT2D eigenvalue weighted by molar-refractivity contribution is 4.88. The highest BCUT2D eigenvalue weighted by Crippen LogP contribution is 2.23. The van der Waals surface area contributed by atoms with Crippen LogP contribution in [0, 0.1) is 0 Å². The van der Waals surface area contributed by atoms with Crippen molar-refractivity contribution in [3.05, 3.63) is 11.7 Å². The molecule has 0 aromatic carbocycles. The minimum absolute atomic E-state index is 0.129. The summed E-state index contributed by atoms with van der Waals surface area (Å²) < 4.78 is 57.6. The van der Waals surface area contributed by atoms with E-state index in [0.29, 0.717) is 0 Å². The van der Waals surface area contributed by atoms with Crippen molar-refractivity contribution in [2.75, 3.05) is 13.2 Å². The first-order valence-electron chi connectivity index (χ1n) is 5.31. The predicted octanol–water partition coefficient (Wildman–Crippen LogP) is 0.869. The van der Waals surface area contributed by atoms with E-state index >= 15 is 0 Å². The van der Waals surface area contributed by atoms with E-state index < -0.39 is 31.7 Å². The number of halogens is 4. The van der Waals surface area contributed by atoms with Crippen molar-refractivity contribution >= 4 is 0 Å². The van der Waals surface area contributed by atoms with Crippen LogP contribution in [0.1, 0.15) is 24.2 Å². The van der Waals surface area contributed by atoms with Crippen molar-refractivity contribution in [2.24, 2.45) is 5.73 Å². The average molecular weight is 287 g/mol. The van der Waals surface area contributed by atoms with Crippen LogP contribution in [0.25, 0.3) is 0 Å². The normalized spacial score (nSPS) is 14.1. The van der Waals surface area contributed by atoms with Gasteiger partial charge in [0.05, 0.1) is 0 Å². The quantitative estimate of drug-likeness (QED) is 0.689. The van der Waals surface area contributed by atoms with E-state index in [2.05, 4.69) is 19.4 Å². The standard InChI is InChI=1S/C9H13F4N3O3/c10-8(11)9(12,13)4-18-3-6-15-7(19-16-6)5(17)1-2-14/h5,8,17H,1-4,14H2. The van der Waals surface area contributed by atoms with Gasteiger partial charge in [-0.05, 0) is 13.0 Å². The third-order valence-corrected chi connectivity index (χ3v) is 2.05. The van der Waals surface area contributed by atoms with Gasteiger partial charge in [0.1, 0.15) is 19.3 Å². The van der Waals surface area contributed by atoms with Crippen molar-refractivity contribution in [1.82, 2.24) is 10.1 Å². The predicted molar refractivity (Wildman–Crippen MR) is 53.5 cm³/mol. The second-order valence-electron chi connectivity index (χ2n) is 3.70. The van der Waals surface area contributed by atoms with E-state index in [1.807, 2.05) is 0 Å². The molecule has 1 atom stereocenters. The van der Waals surface area contributed by atoms with Gasteiger partial charge in [-0.1, -0.05) is 5.16 Å². The zero-order valence-corrected chi connectivity index (χ0v) is 9.73. The van der Waals surface area contributed by atoms with Crippen molar-refractivity contribution in [3.8, 4) is 0 Å². The zero-order valence-electron chi connectivity index (χ0n) is 9.73. The molecule has 10 heteroatoms. The number of aliphatic hydroxyl groups is 1. The minimum Gasteiger partial charge on any atom is -0.383 e. The molecule has 0 bridgehead atoms. The molecule has 3 N–H and O–H groups in total. The van der Waals surface area contributed by atoms with E-state index in [1.165, 1.54) is 0 Å². The molecule has 0 saturated heterocycles. The van der Waals surface area contributed by atoms with Gasteiger partial charge in [0, 0.05) is 0 Å². The molecule has 1 aromatic rings. The van der Waals surface area contributed by atoms with Gasteiger partial charge in [0.2, 0.25) is 0 Å². The molecule has 19 heavy (non-hydrogen) atoms. The molecule has 1 unspecified atom stereocenters. The lowest BCUT2D eigenvalue weighted by atomic mass is 10.2. The first-order valence-corrected chi connectivity index (χ1v) is 5.31. The van der Waals surface area contributed by atoms with Crippen LogP contribution in [0.5, 0.6) is 0 Å². The molecule has 0 aliphatic rings. The number of ether oxygens (including phenoxy) is 1. The molecular formula is C9H13F4N3O3. The van der Waals surface area contributed by atoms with E-state index in [9.17, 15) is 22.7 Å². The lowest BCUT2D eigenvalue weighted by Gasteiger charge is -2.14. The van der Waals surface area contributed by atoms with Crippen LogP contribution in [-0.2, 0) is 11.3 Å². The van der Waals surface area contributed by atoms with Crippen LogP contribution in [0.15, 0.2) is 4.52 Å². The fourth-order valence-electron chi connectivity index (χ4n) is 1.08. The average Bonchev–Trinajstić information content (AvgIpc) is 2.77. The van der Waals surface area contributed by atoms with Crippen molar-refractivity contribution in [2.45, 2.75) is 31.5 Å². The monoisotopic (exact) mass is 287 g/mol. The molecule has 0 amide bonds. The number of hydrogen-bond donors (Lipinski definition) is 2. The van der Waals surface area contributed by atoms with Crippen molar-refractivity contribution in [3.63, 3.8) is 0 Å². The smallest absolute Gasteiger partial charge is 0.330 e. The molecule has 0 aliphatic heterocycles. The number of aromatic nitrogens is 2. The van der Waals surface area contributed by atoms with Gasteiger partial charge in [-0.3, -0.25) is 0 Å². The van der Waals surface area contributed by atoms with Crippen LogP contribution in [0.2, 0.25) is 0 Å². The summed E-state index contributed by atoms with van der Waals surface area (Å²) >= 11 is 0. The van der Waals surface area contributed by atoms with Gasteiger partial charge in [-0.2, -0.15) is 13.8 Å². The second-order valence-corrected chi connectivity index (χ2v) is 3.70. The van der Waals surface area contributed by atoms with Gasteiger partial charge < -0.3 is 20.1 Å². The molecule has 1 heterocycles. The fraction of sp³-hybridized carbons (Fsp3) is 0.778. The summed E-state index contributed by atoms with van der Waals surface area (Å²) in [6.07, 6.45) is -4.68. The SMILES string of the molecule is NCCC(O)c1nc(COCC(F)(F)C(F)F)no1. The second kappa shape index (κ2) is 6.78. The Balaban J connectivity index is 2.42. The van der Waals surface area contributed by atoms with Gasteiger partial charge in [-0.15, -0.1) is 0 Å². The third-order valence-electron chi connectivity index (χ3n) is 2.05. The lowest BCUT2D eigenvalue weighted by molar-refractivity contribution is -0.168. The van der Waals surface area contributed by atoms with E-state index in [0.717, 1.165) is 0 Å². The molecule has 0 radical (unpaired) electrons. The maximum absolute atomic E-state index is 12.5. The van der Waals surface area contributed by atoms with Crippen LogP contribution < -0.4 is 5.73 Å². The molecule has 0 aliphatic carbocycles. The van der Waals surface area contributed by atoms with Gasteiger partial charge in [0.15, 0.2) is 5.82 Å². The summed E-state index contributed by atoms with van der Waals surface area (Å²) in [5.74, 6) is -4.49. The van der Waals surface area contributed by atoms with E-state index in [1.54, 1.807) is 0 Å². The van der Waals surface area contributed by atoms with Crippen LogP contribution >= 0.6 is 0 Å². The Bertz CT molecular complexity index is 389. The Morgan fingerprint density at radius 1 is 1.42 bits per heavy atom. The molecule has 110 valence electrons. The van der Waals surface area contributed by atoms with Gasteiger partial charge in [-0.25, -0.2) is 8.78 Å². The van der Waals surface area contributed by atoms with Gasteiger partial charge >= 0.3 is 12.3 Å². The van der Waals surface area contributed by atoms with E-state index in [4.69, 9.17) is 5.73 Å². The maximum atomic E-state index is 12.5. The molecule has 1 aromatic heterocycles. The minimum atomic E-state index is -4.23. The summed E-state index contributed by atoms with van der Waals surface area (Å²) in [6, 6.07) is 0. The first kappa shape index (κ1) is 15.8. The number of alkyl halides is 4. The topological polar surface area (TPSA) is 94.4 Å². The highest BCUT2D eigenvalue weighted by atomic mass is 19.3. The van der Waals surface area contributed by atoms with Crippen LogP contribution in [0.3, 0.4) is 0 Å². The van der Waals surface area contributed by atoms with Crippen molar-refractivity contribution < 1.29 is 31.9 Å². The lowest BCUT2D eigenvalue weighted by Crippen LogP contribution is -2.32. The first-order chi connectivity index (χ1) is 8.86. The Kier molecular flexibility index (Phi) is 5.63. The molecule has 1 rings (SSSR count). The number of aliphatic hydroxyl groups excluding tert-OH is 1. The Labute approximate surface area is 105 Å². The van der Waals surface area contributed by atoms with Crippen LogP contribution in [0.4, 0.5) is 17.6 Å². The molecule has 0 saturated carbocycles. The van der Waals surface area contributed by atoms with Crippen molar-refractivity contribution in [1.29, 1.82) is 0 Å². The Morgan fingerprint density at radius 3 is 2.68 bits per heavy atom. The number of nitrogens with two attached hydrogens (primary N) is 1. The Morgan fingerprint density at radius 2 is 2.11 bits per heavy atom. The maximum Gasteiger partial charge on any atom is 0.330 e. The summed E-state index contributed by atoms with van der Waals surface area (Å²) in [5, 5.41) is 12.8. The Hall–Kier alpha value is -1.26. The summed E-state index contributed by atoms with van der Waals surface area (Å²) in [7, 11) is 0. The third kappa shape index (κ3) is 4.73. The van der Waals surface area contributed by atoms with Gasteiger partial charge in [0.25, 0.3) is 5.89 Å². The number of rotatable bonds is 8. The zero-order chi connectivity index (χ0) is 14.5. The molecule has 6 nitrogen and oxygen atoms in total. The molecule has 0 fully saturated rings. The number of nitrogens with zero attached hydrogens (tertiary/aromatic N) is 2. The summed E-state index contributed by atoms with van der Waals surface area (Å²) in [4.78, 5) is 3.65. The highest BCUT2D eigenvalue weighted by Gasteiger charge is 2.41. The van der Waals surface area contributed by atoms with E-state index in [-0.39, 0.29) is 24.7 Å². The molecular weight excluding hydrogens is 274 g/mol. The summed E-state index contributed by atoms with van der Waals surface area (Å²) in [6.45, 7) is -1.79. The number of hydrogen-bond acceptors (Lipinski definition) is 6. The largest absolute Gasteiger partial charge is 0.383 e. The summed E-state index contributed by atoms with van der Waals surface area (Å²) in [5.41, 5.74) is 5.20. The fourth-order valence-corrected chi connectivity index (χ4v) is 1.08. The molecule has 0 spiro atoms.